The Balaban J connectivity index is 1.55. The Morgan fingerprint density at radius 2 is 1.69 bits per heavy atom. The minimum absolute atomic E-state index is 0.249. The van der Waals surface area contributed by atoms with E-state index >= 15 is 0 Å². The van der Waals surface area contributed by atoms with Gasteiger partial charge in [0.2, 0.25) is 0 Å². The van der Waals surface area contributed by atoms with Crippen molar-refractivity contribution in [2.24, 2.45) is 0 Å². The lowest BCUT2D eigenvalue weighted by molar-refractivity contribution is 0.0925. The number of fused-ring (bicyclic) bond motifs is 1. The topological polar surface area (TPSA) is 88.9 Å². The molecule has 8 heteroatoms. The standard InChI is InChI=1S/C24H26FN5O2/c1-15(17-7-9-18(25)10-8-17)28-24(32)21-14-19(20-6-3-4-13-30(20)21)23(31)29-16(2)22-26-11-5-12-27-22/h5,7-12,14-16H,3-4,6,13H2,1-2H3,(H,28,32)(H,29,31)/t15-,16?/m1/s1. The first-order valence-corrected chi connectivity index (χ1v) is 10.8. The largest absolute Gasteiger partial charge is 0.344 e. The molecule has 0 fully saturated rings. The van der Waals surface area contributed by atoms with Crippen LogP contribution in [0.1, 0.15) is 76.7 Å². The summed E-state index contributed by atoms with van der Waals surface area (Å²) in [6.45, 7) is 4.36. The molecule has 4 rings (SSSR count). The molecule has 0 aliphatic carbocycles. The number of rotatable bonds is 6. The van der Waals surface area contributed by atoms with E-state index in [1.807, 2.05) is 18.4 Å². The molecule has 166 valence electrons. The van der Waals surface area contributed by atoms with Gasteiger partial charge in [-0.2, -0.15) is 0 Å². The van der Waals surface area contributed by atoms with Crippen LogP contribution in [0, 0.1) is 5.82 Å². The quantitative estimate of drug-likeness (QED) is 0.617. The van der Waals surface area contributed by atoms with Crippen molar-refractivity contribution in [2.45, 2.75) is 51.7 Å². The Hall–Kier alpha value is -3.55. The van der Waals surface area contributed by atoms with Gasteiger partial charge in [-0.3, -0.25) is 9.59 Å². The Labute approximate surface area is 186 Å². The van der Waals surface area contributed by atoms with E-state index < -0.39 is 0 Å². The number of nitrogens with zero attached hydrogens (tertiary/aromatic N) is 3. The van der Waals surface area contributed by atoms with Crippen LogP contribution >= 0.6 is 0 Å². The fourth-order valence-corrected chi connectivity index (χ4v) is 4.04. The number of amides is 2. The highest BCUT2D eigenvalue weighted by molar-refractivity contribution is 6.01. The first-order chi connectivity index (χ1) is 15.4. The first kappa shape index (κ1) is 21.7. The third-order valence-corrected chi connectivity index (χ3v) is 5.77. The molecule has 1 aliphatic heterocycles. The molecular formula is C24H26FN5O2. The van der Waals surface area contributed by atoms with E-state index in [-0.39, 0.29) is 29.7 Å². The zero-order valence-corrected chi connectivity index (χ0v) is 18.1. The number of benzene rings is 1. The van der Waals surface area contributed by atoms with Gasteiger partial charge in [-0.15, -0.1) is 0 Å². The van der Waals surface area contributed by atoms with Crippen LogP contribution in [0.25, 0.3) is 0 Å². The van der Waals surface area contributed by atoms with Crippen LogP contribution in [-0.4, -0.2) is 26.3 Å². The molecule has 2 atom stereocenters. The molecule has 7 nitrogen and oxygen atoms in total. The highest BCUT2D eigenvalue weighted by Crippen LogP contribution is 2.25. The summed E-state index contributed by atoms with van der Waals surface area (Å²) in [7, 11) is 0. The zero-order chi connectivity index (χ0) is 22.7. The van der Waals surface area contributed by atoms with Crippen molar-refractivity contribution in [1.29, 1.82) is 0 Å². The lowest BCUT2D eigenvalue weighted by Crippen LogP contribution is -2.29. The number of hydrogen-bond acceptors (Lipinski definition) is 4. The molecule has 1 aliphatic rings. The maximum Gasteiger partial charge on any atom is 0.268 e. The summed E-state index contributed by atoms with van der Waals surface area (Å²) in [5.41, 5.74) is 2.64. The minimum Gasteiger partial charge on any atom is -0.344 e. The molecule has 2 N–H and O–H groups in total. The summed E-state index contributed by atoms with van der Waals surface area (Å²) in [4.78, 5) is 34.5. The Morgan fingerprint density at radius 1 is 1.00 bits per heavy atom. The predicted molar refractivity (Wildman–Crippen MR) is 118 cm³/mol. The third-order valence-electron chi connectivity index (χ3n) is 5.77. The van der Waals surface area contributed by atoms with Crippen molar-refractivity contribution in [1.82, 2.24) is 25.2 Å². The number of hydrogen-bond donors (Lipinski definition) is 2. The van der Waals surface area contributed by atoms with E-state index in [1.165, 1.54) is 12.1 Å². The normalized spacial score (nSPS) is 14.8. The van der Waals surface area contributed by atoms with E-state index in [2.05, 4.69) is 20.6 Å². The molecule has 1 aromatic carbocycles. The number of carbonyl (C=O) groups is 2. The van der Waals surface area contributed by atoms with Crippen LogP contribution in [-0.2, 0) is 13.0 Å². The van der Waals surface area contributed by atoms with Crippen molar-refractivity contribution in [3.8, 4) is 0 Å². The summed E-state index contributed by atoms with van der Waals surface area (Å²) >= 11 is 0. The molecule has 0 saturated carbocycles. The summed E-state index contributed by atoms with van der Waals surface area (Å²) in [6, 6.07) is 8.78. The van der Waals surface area contributed by atoms with Crippen LogP contribution < -0.4 is 10.6 Å². The number of carbonyl (C=O) groups excluding carboxylic acids is 2. The van der Waals surface area contributed by atoms with E-state index in [4.69, 9.17) is 0 Å². The minimum atomic E-state index is -0.362. The summed E-state index contributed by atoms with van der Waals surface area (Å²) < 4.78 is 15.1. The molecule has 2 aromatic heterocycles. The Morgan fingerprint density at radius 3 is 2.41 bits per heavy atom. The molecule has 0 bridgehead atoms. The molecule has 3 heterocycles. The fourth-order valence-electron chi connectivity index (χ4n) is 4.04. The van der Waals surface area contributed by atoms with Crippen molar-refractivity contribution >= 4 is 11.8 Å². The molecule has 0 spiro atoms. The van der Waals surface area contributed by atoms with E-state index in [0.29, 0.717) is 23.6 Å². The number of halogens is 1. The lowest BCUT2D eigenvalue weighted by Gasteiger charge is -2.20. The summed E-state index contributed by atoms with van der Waals surface area (Å²) in [5.74, 6) is -0.302. The van der Waals surface area contributed by atoms with Crippen LogP contribution in [0.3, 0.4) is 0 Å². The molecule has 0 radical (unpaired) electrons. The summed E-state index contributed by atoms with van der Waals surface area (Å²) in [6.07, 6.45) is 5.92. The van der Waals surface area contributed by atoms with E-state index in [0.717, 1.165) is 30.5 Å². The molecule has 3 aromatic rings. The van der Waals surface area contributed by atoms with Crippen molar-refractivity contribution in [3.05, 3.63) is 82.9 Å². The number of aromatic nitrogens is 3. The Bertz CT molecular complexity index is 1110. The van der Waals surface area contributed by atoms with Crippen LogP contribution in [0.15, 0.2) is 48.8 Å². The first-order valence-electron chi connectivity index (χ1n) is 10.8. The van der Waals surface area contributed by atoms with Gasteiger partial charge >= 0.3 is 0 Å². The smallest absolute Gasteiger partial charge is 0.268 e. The van der Waals surface area contributed by atoms with Gasteiger partial charge in [0.25, 0.3) is 11.8 Å². The second kappa shape index (κ2) is 9.30. The van der Waals surface area contributed by atoms with Gasteiger partial charge in [0.1, 0.15) is 17.3 Å². The summed E-state index contributed by atoms with van der Waals surface area (Å²) in [5, 5.41) is 5.91. The van der Waals surface area contributed by atoms with Gasteiger partial charge in [0, 0.05) is 24.6 Å². The lowest BCUT2D eigenvalue weighted by atomic mass is 10.1. The second-order valence-corrected chi connectivity index (χ2v) is 8.05. The Kier molecular flexibility index (Phi) is 6.30. The average molecular weight is 436 g/mol. The van der Waals surface area contributed by atoms with E-state index in [1.54, 1.807) is 36.7 Å². The van der Waals surface area contributed by atoms with Gasteiger partial charge in [0.15, 0.2) is 0 Å². The van der Waals surface area contributed by atoms with Gasteiger partial charge in [-0.1, -0.05) is 12.1 Å². The maximum atomic E-state index is 13.2. The van der Waals surface area contributed by atoms with Gasteiger partial charge in [-0.25, -0.2) is 14.4 Å². The van der Waals surface area contributed by atoms with Crippen molar-refractivity contribution in [2.75, 3.05) is 0 Å². The molecular weight excluding hydrogens is 409 g/mol. The number of nitrogens with one attached hydrogen (secondary N) is 2. The molecule has 1 unspecified atom stereocenters. The van der Waals surface area contributed by atoms with Crippen molar-refractivity contribution < 1.29 is 14.0 Å². The predicted octanol–water partition coefficient (Wildman–Crippen LogP) is 3.74. The average Bonchev–Trinajstić information content (AvgIpc) is 3.20. The third kappa shape index (κ3) is 4.54. The van der Waals surface area contributed by atoms with Gasteiger partial charge in [0.05, 0.1) is 17.6 Å². The van der Waals surface area contributed by atoms with E-state index in [9.17, 15) is 14.0 Å². The van der Waals surface area contributed by atoms with Crippen LogP contribution in [0.4, 0.5) is 4.39 Å². The van der Waals surface area contributed by atoms with Crippen LogP contribution in [0.5, 0.6) is 0 Å². The fraction of sp³-hybridized carbons (Fsp3) is 0.333. The second-order valence-electron chi connectivity index (χ2n) is 8.05. The molecule has 0 saturated heterocycles. The van der Waals surface area contributed by atoms with Gasteiger partial charge < -0.3 is 15.2 Å². The van der Waals surface area contributed by atoms with Gasteiger partial charge in [-0.05, 0) is 62.9 Å². The van der Waals surface area contributed by atoms with Crippen molar-refractivity contribution in [3.63, 3.8) is 0 Å². The SMILES string of the molecule is CC(NC(=O)c1cc(C(=O)N[C@H](C)c2ccc(F)cc2)n2c1CCCC2)c1ncccn1. The van der Waals surface area contributed by atoms with Crippen LogP contribution in [0.2, 0.25) is 0 Å². The maximum absolute atomic E-state index is 13.2. The zero-order valence-electron chi connectivity index (χ0n) is 18.1. The molecule has 2 amide bonds. The highest BCUT2D eigenvalue weighted by Gasteiger charge is 2.27. The highest BCUT2D eigenvalue weighted by atomic mass is 19.1. The molecule has 32 heavy (non-hydrogen) atoms. The monoisotopic (exact) mass is 435 g/mol.